The highest BCUT2D eigenvalue weighted by Gasteiger charge is 2.44. The van der Waals surface area contributed by atoms with Crippen LogP contribution in [0, 0.1) is 0 Å². The van der Waals surface area contributed by atoms with Crippen molar-refractivity contribution in [2.75, 3.05) is 18.0 Å². The van der Waals surface area contributed by atoms with E-state index in [1.807, 2.05) is 18.2 Å². The zero-order valence-electron chi connectivity index (χ0n) is 19.6. The van der Waals surface area contributed by atoms with Crippen LogP contribution in [-0.4, -0.2) is 24.0 Å². The van der Waals surface area contributed by atoms with Gasteiger partial charge in [0.25, 0.3) is 0 Å². The quantitative estimate of drug-likeness (QED) is 0.392. The molecule has 0 spiro atoms. The molecular formula is C28H35NO3. The van der Waals surface area contributed by atoms with Crippen molar-refractivity contribution in [2.24, 2.45) is 0 Å². The number of benzene rings is 2. The fourth-order valence-electron chi connectivity index (χ4n) is 4.80. The lowest BCUT2D eigenvalue weighted by Gasteiger charge is -2.36. The minimum atomic E-state index is -1.47. The fourth-order valence-corrected chi connectivity index (χ4v) is 4.80. The third kappa shape index (κ3) is 3.97. The Bertz CT molecular complexity index is 1020. The third-order valence-electron chi connectivity index (χ3n) is 6.72. The van der Waals surface area contributed by atoms with Crippen LogP contribution < -0.4 is 9.64 Å². The molecule has 1 aliphatic heterocycles. The summed E-state index contributed by atoms with van der Waals surface area (Å²) in [4.78, 5) is 15.6. The van der Waals surface area contributed by atoms with E-state index in [-0.39, 0.29) is 5.78 Å². The summed E-state index contributed by atoms with van der Waals surface area (Å²) in [5, 5.41) is 11.4. The highest BCUT2D eigenvalue weighted by Crippen LogP contribution is 2.51. The lowest BCUT2D eigenvalue weighted by atomic mass is 9.73. The van der Waals surface area contributed by atoms with Gasteiger partial charge in [0.15, 0.2) is 11.4 Å². The molecule has 1 heterocycles. The zero-order valence-corrected chi connectivity index (χ0v) is 19.6. The normalized spacial score (nSPS) is 18.5. The first-order valence-corrected chi connectivity index (χ1v) is 12.2. The Kier molecular flexibility index (Phi) is 6.71. The van der Waals surface area contributed by atoms with Crippen molar-refractivity contribution >= 4 is 17.0 Å². The van der Waals surface area contributed by atoms with Gasteiger partial charge < -0.3 is 14.7 Å². The summed E-state index contributed by atoms with van der Waals surface area (Å²) in [7, 11) is 0. The van der Waals surface area contributed by atoms with Crippen LogP contribution in [0.1, 0.15) is 82.4 Å². The van der Waals surface area contributed by atoms with Crippen LogP contribution in [0.4, 0.5) is 5.69 Å². The molecule has 0 aromatic heterocycles. The van der Waals surface area contributed by atoms with E-state index in [1.165, 1.54) is 0 Å². The van der Waals surface area contributed by atoms with Crippen molar-refractivity contribution in [3.8, 4) is 11.5 Å². The van der Waals surface area contributed by atoms with Gasteiger partial charge in [-0.2, -0.15) is 0 Å². The number of hydrogen-bond donors (Lipinski definition) is 1. The largest absolute Gasteiger partial charge is 0.456 e. The molecule has 1 aliphatic carbocycles. The molecule has 0 fully saturated rings. The van der Waals surface area contributed by atoms with Crippen LogP contribution in [0.2, 0.25) is 0 Å². The van der Waals surface area contributed by atoms with Crippen LogP contribution in [0.3, 0.4) is 0 Å². The summed E-state index contributed by atoms with van der Waals surface area (Å²) < 4.78 is 6.37. The topological polar surface area (TPSA) is 49.8 Å². The first kappa shape index (κ1) is 22.6. The Morgan fingerprint density at radius 3 is 2.34 bits per heavy atom. The molecule has 170 valence electrons. The van der Waals surface area contributed by atoms with Crippen LogP contribution >= 0.6 is 0 Å². The van der Waals surface area contributed by atoms with Crippen molar-refractivity contribution in [3.05, 3.63) is 59.2 Å². The molecule has 1 atom stereocenters. The van der Waals surface area contributed by atoms with Gasteiger partial charge in [-0.15, -0.1) is 0 Å². The highest BCUT2D eigenvalue weighted by molar-refractivity contribution is 6.11. The summed E-state index contributed by atoms with van der Waals surface area (Å²) in [6, 6.07) is 12.0. The number of anilines is 1. The summed E-state index contributed by atoms with van der Waals surface area (Å²) in [5.41, 5.74) is 3.01. The summed E-state index contributed by atoms with van der Waals surface area (Å²) in [6.45, 7) is 8.57. The number of ketones is 1. The molecule has 2 aromatic carbocycles. The molecule has 1 N–H and O–H groups in total. The average molecular weight is 434 g/mol. The van der Waals surface area contributed by atoms with E-state index in [0.717, 1.165) is 85.5 Å². The van der Waals surface area contributed by atoms with E-state index in [4.69, 9.17) is 4.74 Å². The molecule has 2 aliphatic rings. The molecule has 0 radical (unpaired) electrons. The molecule has 0 amide bonds. The number of fused-ring (bicyclic) bond motifs is 2. The van der Waals surface area contributed by atoms with E-state index in [0.29, 0.717) is 12.0 Å². The van der Waals surface area contributed by atoms with Gasteiger partial charge in [0.2, 0.25) is 0 Å². The van der Waals surface area contributed by atoms with Gasteiger partial charge in [-0.1, -0.05) is 58.6 Å². The smallest absolute Gasteiger partial charge is 0.192 e. The molecule has 32 heavy (non-hydrogen) atoms. The third-order valence-corrected chi connectivity index (χ3v) is 6.72. The van der Waals surface area contributed by atoms with Gasteiger partial charge in [-0.25, -0.2) is 0 Å². The van der Waals surface area contributed by atoms with Crippen LogP contribution in [0.25, 0.3) is 5.57 Å². The van der Waals surface area contributed by atoms with Crippen molar-refractivity contribution in [1.29, 1.82) is 0 Å². The van der Waals surface area contributed by atoms with E-state index < -0.39 is 5.60 Å². The minimum absolute atomic E-state index is 0.227. The van der Waals surface area contributed by atoms with E-state index >= 15 is 0 Å². The standard InChI is InChI=1S/C28H35NO3/c1-4-7-15-28(31)23-11-10-12-24-27(23)22(19-26(28)30)21-14-13-20(18-25(21)32-24)29(16-8-5-2)17-9-6-3/h10-14,18-19,31H,4-9,15-17H2,1-3H3. The van der Waals surface area contributed by atoms with Gasteiger partial charge >= 0.3 is 0 Å². The van der Waals surface area contributed by atoms with Gasteiger partial charge in [0.1, 0.15) is 11.5 Å². The fraction of sp³-hybridized carbons (Fsp3) is 0.464. The Morgan fingerprint density at radius 1 is 0.938 bits per heavy atom. The predicted octanol–water partition coefficient (Wildman–Crippen LogP) is 6.59. The van der Waals surface area contributed by atoms with Crippen LogP contribution in [-0.2, 0) is 10.4 Å². The Labute approximate surface area is 191 Å². The molecule has 4 nitrogen and oxygen atoms in total. The van der Waals surface area contributed by atoms with Crippen molar-refractivity contribution in [3.63, 3.8) is 0 Å². The second-order valence-corrected chi connectivity index (χ2v) is 9.04. The number of carbonyl (C=O) groups is 1. The van der Waals surface area contributed by atoms with E-state index in [9.17, 15) is 9.90 Å². The first-order chi connectivity index (χ1) is 15.5. The number of rotatable bonds is 10. The molecule has 0 bridgehead atoms. The van der Waals surface area contributed by atoms with Gasteiger partial charge in [-0.3, -0.25) is 4.79 Å². The van der Waals surface area contributed by atoms with E-state index in [2.05, 4.69) is 43.9 Å². The van der Waals surface area contributed by atoms with Gasteiger partial charge in [0, 0.05) is 47.1 Å². The summed E-state index contributed by atoms with van der Waals surface area (Å²) in [6.07, 6.45) is 8.42. The Morgan fingerprint density at radius 2 is 1.66 bits per heavy atom. The lowest BCUT2D eigenvalue weighted by molar-refractivity contribution is -0.134. The van der Waals surface area contributed by atoms with E-state index in [1.54, 1.807) is 6.08 Å². The second kappa shape index (κ2) is 9.50. The number of hydrogen-bond acceptors (Lipinski definition) is 4. The zero-order chi connectivity index (χ0) is 22.7. The monoisotopic (exact) mass is 433 g/mol. The van der Waals surface area contributed by atoms with Gasteiger partial charge in [0.05, 0.1) is 0 Å². The minimum Gasteiger partial charge on any atom is -0.456 e. The van der Waals surface area contributed by atoms with Gasteiger partial charge in [-0.05, 0) is 43.5 Å². The first-order valence-electron chi connectivity index (χ1n) is 12.2. The summed E-state index contributed by atoms with van der Waals surface area (Å²) >= 11 is 0. The molecule has 0 saturated carbocycles. The highest BCUT2D eigenvalue weighted by atomic mass is 16.5. The van der Waals surface area contributed by atoms with Crippen LogP contribution in [0.15, 0.2) is 42.5 Å². The Hall–Kier alpha value is -2.59. The van der Waals surface area contributed by atoms with Crippen molar-refractivity contribution in [1.82, 2.24) is 0 Å². The second-order valence-electron chi connectivity index (χ2n) is 9.04. The average Bonchev–Trinajstić information content (AvgIpc) is 2.81. The number of ether oxygens (including phenoxy) is 1. The number of nitrogens with zero attached hydrogens (tertiary/aromatic N) is 1. The lowest BCUT2D eigenvalue weighted by Crippen LogP contribution is -2.38. The molecule has 2 aromatic rings. The van der Waals surface area contributed by atoms with Crippen LogP contribution in [0.5, 0.6) is 11.5 Å². The molecular weight excluding hydrogens is 398 g/mol. The molecule has 1 unspecified atom stereocenters. The number of carbonyl (C=O) groups excluding carboxylic acids is 1. The molecule has 4 heteroatoms. The SMILES string of the molecule is CCCCN(CCCC)c1ccc2c(c1)Oc1cccc3c1C2=CC(=O)C3(O)CCCC. The number of aliphatic hydroxyl groups is 1. The Balaban J connectivity index is 1.74. The predicted molar refractivity (Wildman–Crippen MR) is 130 cm³/mol. The number of unbranched alkanes of at least 4 members (excludes halogenated alkanes) is 3. The van der Waals surface area contributed by atoms with Crippen molar-refractivity contribution in [2.45, 2.75) is 71.3 Å². The maximum atomic E-state index is 13.1. The maximum Gasteiger partial charge on any atom is 0.192 e. The molecule has 0 saturated heterocycles. The molecule has 4 rings (SSSR count). The maximum absolute atomic E-state index is 13.1. The van der Waals surface area contributed by atoms with Crippen molar-refractivity contribution < 1.29 is 14.6 Å². The summed E-state index contributed by atoms with van der Waals surface area (Å²) in [5.74, 6) is 1.27.